The number of sulfone groups is 1. The maximum Gasteiger partial charge on any atom is 0.238 e. The summed E-state index contributed by atoms with van der Waals surface area (Å²) in [5, 5.41) is 2.73. The highest BCUT2D eigenvalue weighted by atomic mass is 79.9. The molecule has 7 heteroatoms. The van der Waals surface area contributed by atoms with Crippen molar-refractivity contribution >= 4 is 31.7 Å². The first-order valence-electron chi connectivity index (χ1n) is 6.66. The van der Waals surface area contributed by atoms with Gasteiger partial charge in [0.15, 0.2) is 9.84 Å². The molecule has 2 fully saturated rings. The van der Waals surface area contributed by atoms with Gasteiger partial charge in [-0.05, 0) is 25.7 Å². The fraction of sp³-hybridized carbons (Fsp3) is 0.917. The Bertz CT molecular complexity index is 431. The zero-order valence-corrected chi connectivity index (χ0v) is 13.3. The van der Waals surface area contributed by atoms with Gasteiger partial charge in [0.2, 0.25) is 5.91 Å². The van der Waals surface area contributed by atoms with Crippen LogP contribution in [0, 0.1) is 0 Å². The molecule has 2 rings (SSSR count). The van der Waals surface area contributed by atoms with Crippen LogP contribution in [0.3, 0.4) is 0 Å². The Kier molecular flexibility index (Phi) is 4.89. The third-order valence-corrected chi connectivity index (χ3v) is 7.21. The number of halogens is 1. The molecule has 0 aliphatic carbocycles. The predicted molar refractivity (Wildman–Crippen MR) is 76.1 cm³/mol. The van der Waals surface area contributed by atoms with E-state index in [0.717, 1.165) is 19.3 Å². The zero-order valence-electron chi connectivity index (χ0n) is 10.9. The minimum absolute atomic E-state index is 0.134. The Morgan fingerprint density at radius 2 is 2.00 bits per heavy atom. The monoisotopic (exact) mass is 353 g/mol. The van der Waals surface area contributed by atoms with Gasteiger partial charge in [-0.15, -0.1) is 0 Å². The van der Waals surface area contributed by atoms with E-state index in [0.29, 0.717) is 31.4 Å². The first kappa shape index (κ1) is 15.3. The number of ether oxygens (including phenoxy) is 1. The van der Waals surface area contributed by atoms with E-state index in [1.807, 2.05) is 0 Å². The molecule has 19 heavy (non-hydrogen) atoms. The third-order valence-electron chi connectivity index (χ3n) is 3.97. The number of nitrogens with one attached hydrogen (secondary N) is 1. The Morgan fingerprint density at radius 1 is 1.32 bits per heavy atom. The van der Waals surface area contributed by atoms with Gasteiger partial charge < -0.3 is 10.1 Å². The van der Waals surface area contributed by atoms with E-state index < -0.39 is 15.1 Å². The zero-order chi connectivity index (χ0) is 13.9. The Hall–Kier alpha value is -0.140. The van der Waals surface area contributed by atoms with Gasteiger partial charge in [-0.1, -0.05) is 22.4 Å². The Labute approximate surface area is 122 Å². The average molecular weight is 354 g/mol. The van der Waals surface area contributed by atoms with Crippen LogP contribution in [-0.2, 0) is 19.4 Å². The topological polar surface area (TPSA) is 72.5 Å². The molecule has 1 atom stereocenters. The molecule has 5 nitrogen and oxygen atoms in total. The van der Waals surface area contributed by atoms with Crippen molar-refractivity contribution < 1.29 is 17.9 Å². The van der Waals surface area contributed by atoms with Crippen LogP contribution in [-0.4, -0.2) is 49.4 Å². The summed E-state index contributed by atoms with van der Waals surface area (Å²) < 4.78 is 29.2. The van der Waals surface area contributed by atoms with E-state index in [-0.39, 0.29) is 17.2 Å². The minimum atomic E-state index is -3.27. The van der Waals surface area contributed by atoms with Crippen molar-refractivity contribution in [3.63, 3.8) is 0 Å². The molecule has 1 unspecified atom stereocenters. The molecule has 0 radical (unpaired) electrons. The van der Waals surface area contributed by atoms with E-state index in [1.165, 1.54) is 0 Å². The van der Waals surface area contributed by atoms with E-state index in [9.17, 15) is 13.2 Å². The fourth-order valence-electron chi connectivity index (χ4n) is 2.64. The summed E-state index contributed by atoms with van der Waals surface area (Å²) in [6, 6.07) is 0. The molecule has 2 saturated heterocycles. The van der Waals surface area contributed by atoms with E-state index in [4.69, 9.17) is 4.74 Å². The van der Waals surface area contributed by atoms with Crippen molar-refractivity contribution in [2.75, 3.05) is 24.3 Å². The van der Waals surface area contributed by atoms with E-state index >= 15 is 0 Å². The highest BCUT2D eigenvalue weighted by Crippen LogP contribution is 2.25. The fourth-order valence-corrected chi connectivity index (χ4v) is 5.15. The second kappa shape index (κ2) is 6.10. The maximum absolute atomic E-state index is 12.3. The SMILES string of the molecule is O=C(NC1(CBr)CCOCC1)C1CCCCS1(=O)=O. The number of rotatable bonds is 3. The lowest BCUT2D eigenvalue weighted by molar-refractivity contribution is -0.123. The summed E-state index contributed by atoms with van der Waals surface area (Å²) in [7, 11) is -3.27. The molecule has 1 amide bonds. The van der Waals surface area contributed by atoms with Crippen LogP contribution in [0.5, 0.6) is 0 Å². The molecule has 0 spiro atoms. The lowest BCUT2D eigenvalue weighted by atomic mass is 9.92. The molecular formula is C12H20BrNO4S. The van der Waals surface area contributed by atoms with Crippen LogP contribution < -0.4 is 5.32 Å². The largest absolute Gasteiger partial charge is 0.381 e. The lowest BCUT2D eigenvalue weighted by Crippen LogP contribution is -2.57. The first-order chi connectivity index (χ1) is 8.99. The summed E-state index contributed by atoms with van der Waals surface area (Å²) >= 11 is 3.43. The Balaban J connectivity index is 2.07. The van der Waals surface area contributed by atoms with Crippen molar-refractivity contribution in [2.45, 2.75) is 42.9 Å². The van der Waals surface area contributed by atoms with Gasteiger partial charge >= 0.3 is 0 Å². The molecule has 2 heterocycles. The van der Waals surface area contributed by atoms with Crippen LogP contribution in [0.4, 0.5) is 0 Å². The van der Waals surface area contributed by atoms with Crippen molar-refractivity contribution in [2.24, 2.45) is 0 Å². The highest BCUT2D eigenvalue weighted by Gasteiger charge is 2.40. The number of carbonyl (C=O) groups excluding carboxylic acids is 1. The average Bonchev–Trinajstić information content (AvgIpc) is 2.39. The molecule has 0 aromatic rings. The second-order valence-corrected chi connectivity index (χ2v) is 8.23. The van der Waals surface area contributed by atoms with Crippen LogP contribution in [0.25, 0.3) is 0 Å². The molecule has 1 N–H and O–H groups in total. The number of amides is 1. The second-order valence-electron chi connectivity index (χ2n) is 5.37. The van der Waals surface area contributed by atoms with Crippen molar-refractivity contribution in [1.29, 1.82) is 0 Å². The lowest BCUT2D eigenvalue weighted by Gasteiger charge is -2.37. The Morgan fingerprint density at radius 3 is 2.58 bits per heavy atom. The first-order valence-corrected chi connectivity index (χ1v) is 9.50. The van der Waals surface area contributed by atoms with Gasteiger partial charge in [0.25, 0.3) is 0 Å². The molecular weight excluding hydrogens is 334 g/mol. The highest BCUT2D eigenvalue weighted by molar-refractivity contribution is 9.09. The van der Waals surface area contributed by atoms with Gasteiger partial charge in [-0.25, -0.2) is 8.42 Å². The molecule has 110 valence electrons. The molecule has 0 aromatic heterocycles. The van der Waals surface area contributed by atoms with Crippen LogP contribution in [0.1, 0.15) is 32.1 Å². The molecule has 2 aliphatic rings. The standard InChI is InChI=1S/C12H20BrNO4S/c13-9-12(4-6-18-7-5-12)14-11(15)10-3-1-2-8-19(10,16)17/h10H,1-9H2,(H,14,15). The van der Waals surface area contributed by atoms with Gasteiger partial charge in [0, 0.05) is 18.5 Å². The number of hydrogen-bond donors (Lipinski definition) is 1. The number of hydrogen-bond acceptors (Lipinski definition) is 4. The summed E-state index contributed by atoms with van der Waals surface area (Å²) in [4.78, 5) is 12.3. The third kappa shape index (κ3) is 3.49. The number of carbonyl (C=O) groups is 1. The van der Waals surface area contributed by atoms with Crippen molar-refractivity contribution in [3.05, 3.63) is 0 Å². The van der Waals surface area contributed by atoms with Gasteiger partial charge in [0.05, 0.1) is 11.3 Å². The van der Waals surface area contributed by atoms with Gasteiger partial charge in [-0.3, -0.25) is 4.79 Å². The maximum atomic E-state index is 12.3. The van der Waals surface area contributed by atoms with Gasteiger partial charge in [-0.2, -0.15) is 0 Å². The van der Waals surface area contributed by atoms with Crippen LogP contribution >= 0.6 is 15.9 Å². The summed E-state index contributed by atoms with van der Waals surface area (Å²) in [6.45, 7) is 1.20. The van der Waals surface area contributed by atoms with Gasteiger partial charge in [0.1, 0.15) is 5.25 Å². The minimum Gasteiger partial charge on any atom is -0.381 e. The smallest absolute Gasteiger partial charge is 0.238 e. The number of alkyl halides is 1. The molecule has 0 aromatic carbocycles. The van der Waals surface area contributed by atoms with Crippen LogP contribution in [0.2, 0.25) is 0 Å². The summed E-state index contributed by atoms with van der Waals surface area (Å²) in [6.07, 6.45) is 3.36. The van der Waals surface area contributed by atoms with Crippen molar-refractivity contribution in [3.8, 4) is 0 Å². The summed E-state index contributed by atoms with van der Waals surface area (Å²) in [5.41, 5.74) is -0.359. The predicted octanol–water partition coefficient (Wildman–Crippen LogP) is 1.01. The van der Waals surface area contributed by atoms with E-state index in [2.05, 4.69) is 21.2 Å². The van der Waals surface area contributed by atoms with E-state index in [1.54, 1.807) is 0 Å². The molecule has 0 bridgehead atoms. The molecule has 2 aliphatic heterocycles. The van der Waals surface area contributed by atoms with Crippen molar-refractivity contribution in [1.82, 2.24) is 5.32 Å². The quantitative estimate of drug-likeness (QED) is 0.768. The summed E-state index contributed by atoms with van der Waals surface area (Å²) in [5.74, 6) is -0.198. The normalized spacial score (nSPS) is 29.6. The molecule has 0 saturated carbocycles. The van der Waals surface area contributed by atoms with Crippen LogP contribution in [0.15, 0.2) is 0 Å².